The van der Waals surface area contributed by atoms with Crippen molar-refractivity contribution >= 4 is 5.69 Å². The lowest BCUT2D eigenvalue weighted by Crippen LogP contribution is -2.27. The van der Waals surface area contributed by atoms with Gasteiger partial charge < -0.3 is 10.5 Å². The molecule has 0 spiro atoms. The molecule has 0 saturated carbocycles. The number of hydrogen-bond donors (Lipinski definition) is 1. The Labute approximate surface area is 110 Å². The Morgan fingerprint density at radius 3 is 2.94 bits per heavy atom. The fourth-order valence-electron chi connectivity index (χ4n) is 2.51. The molecule has 3 heteroatoms. The third-order valence-electron chi connectivity index (χ3n) is 3.79. The van der Waals surface area contributed by atoms with E-state index < -0.39 is 0 Å². The van der Waals surface area contributed by atoms with Gasteiger partial charge in [-0.05, 0) is 36.9 Å². The molecule has 1 aromatic rings. The van der Waals surface area contributed by atoms with Crippen molar-refractivity contribution in [2.75, 3.05) is 32.0 Å². The van der Waals surface area contributed by atoms with Crippen molar-refractivity contribution < 1.29 is 4.74 Å². The molecule has 100 valence electrons. The van der Waals surface area contributed by atoms with Crippen LogP contribution in [0, 0.1) is 11.8 Å². The van der Waals surface area contributed by atoms with Crippen molar-refractivity contribution in [3.05, 3.63) is 24.3 Å². The molecule has 0 bridgehead atoms. The number of benzene rings is 1. The lowest BCUT2D eigenvalue weighted by Gasteiger charge is -2.18. The zero-order valence-corrected chi connectivity index (χ0v) is 11.4. The molecule has 0 aromatic heterocycles. The standard InChI is InChI=1S/C15H24N2O/c1-12(2)13-6-7-17(11-13)8-9-18-15-5-3-4-14(16)10-15/h3-5,10,12-13H,6-9,11,16H2,1-2H3. The van der Waals surface area contributed by atoms with Gasteiger partial charge in [0.15, 0.2) is 0 Å². The van der Waals surface area contributed by atoms with Crippen LogP contribution in [0.2, 0.25) is 0 Å². The van der Waals surface area contributed by atoms with Crippen molar-refractivity contribution in [1.82, 2.24) is 4.90 Å². The van der Waals surface area contributed by atoms with E-state index in [4.69, 9.17) is 10.5 Å². The second-order valence-electron chi connectivity index (χ2n) is 5.51. The summed E-state index contributed by atoms with van der Waals surface area (Å²) in [5, 5.41) is 0. The Kier molecular flexibility index (Phi) is 4.48. The minimum Gasteiger partial charge on any atom is -0.492 e. The van der Waals surface area contributed by atoms with E-state index in [1.54, 1.807) is 0 Å². The Bertz CT molecular complexity index is 379. The first kappa shape index (κ1) is 13.2. The van der Waals surface area contributed by atoms with E-state index in [0.717, 1.165) is 36.4 Å². The van der Waals surface area contributed by atoms with E-state index in [9.17, 15) is 0 Å². The Morgan fingerprint density at radius 2 is 2.28 bits per heavy atom. The maximum Gasteiger partial charge on any atom is 0.121 e. The van der Waals surface area contributed by atoms with Crippen LogP contribution in [-0.2, 0) is 0 Å². The molecular weight excluding hydrogens is 224 g/mol. The molecule has 1 aliphatic heterocycles. The smallest absolute Gasteiger partial charge is 0.121 e. The van der Waals surface area contributed by atoms with Crippen LogP contribution in [0.5, 0.6) is 5.75 Å². The van der Waals surface area contributed by atoms with Gasteiger partial charge in [0.1, 0.15) is 12.4 Å². The number of likely N-dealkylation sites (tertiary alicyclic amines) is 1. The maximum absolute atomic E-state index is 5.72. The van der Waals surface area contributed by atoms with Crippen LogP contribution in [0.25, 0.3) is 0 Å². The van der Waals surface area contributed by atoms with Crippen molar-refractivity contribution in [3.63, 3.8) is 0 Å². The highest BCUT2D eigenvalue weighted by molar-refractivity contribution is 5.43. The van der Waals surface area contributed by atoms with E-state index in [2.05, 4.69) is 18.7 Å². The average molecular weight is 248 g/mol. The van der Waals surface area contributed by atoms with Crippen LogP contribution < -0.4 is 10.5 Å². The molecule has 2 rings (SSSR count). The molecule has 0 radical (unpaired) electrons. The van der Waals surface area contributed by atoms with Crippen LogP contribution in [0.4, 0.5) is 5.69 Å². The predicted molar refractivity (Wildman–Crippen MR) is 75.7 cm³/mol. The lowest BCUT2D eigenvalue weighted by molar-refractivity contribution is 0.227. The Hall–Kier alpha value is -1.22. The van der Waals surface area contributed by atoms with Crippen molar-refractivity contribution in [2.24, 2.45) is 11.8 Å². The maximum atomic E-state index is 5.72. The first-order chi connectivity index (χ1) is 8.65. The van der Waals surface area contributed by atoms with Gasteiger partial charge in [-0.2, -0.15) is 0 Å². The summed E-state index contributed by atoms with van der Waals surface area (Å²) >= 11 is 0. The molecule has 0 amide bonds. The van der Waals surface area contributed by atoms with Crippen molar-refractivity contribution in [3.8, 4) is 5.75 Å². The van der Waals surface area contributed by atoms with Crippen LogP contribution in [0.3, 0.4) is 0 Å². The second-order valence-corrected chi connectivity index (χ2v) is 5.51. The first-order valence-corrected chi connectivity index (χ1v) is 6.86. The molecule has 18 heavy (non-hydrogen) atoms. The molecule has 2 N–H and O–H groups in total. The van der Waals surface area contributed by atoms with E-state index in [1.807, 2.05) is 24.3 Å². The highest BCUT2D eigenvalue weighted by Crippen LogP contribution is 2.23. The van der Waals surface area contributed by atoms with Crippen LogP contribution >= 0.6 is 0 Å². The lowest BCUT2D eigenvalue weighted by atomic mass is 9.95. The predicted octanol–water partition coefficient (Wildman–Crippen LogP) is 2.63. The summed E-state index contributed by atoms with van der Waals surface area (Å²) in [6, 6.07) is 7.63. The van der Waals surface area contributed by atoms with Gasteiger partial charge in [0.25, 0.3) is 0 Å². The number of nitrogens with zero attached hydrogens (tertiary/aromatic N) is 1. The molecule has 1 heterocycles. The number of nitrogen functional groups attached to an aromatic ring is 1. The van der Waals surface area contributed by atoms with Gasteiger partial charge in [0.05, 0.1) is 0 Å². The molecule has 1 unspecified atom stereocenters. The average Bonchev–Trinajstić information content (AvgIpc) is 2.78. The Balaban J connectivity index is 1.70. The molecule has 3 nitrogen and oxygen atoms in total. The minimum absolute atomic E-state index is 0.744. The summed E-state index contributed by atoms with van der Waals surface area (Å²) in [7, 11) is 0. The summed E-state index contributed by atoms with van der Waals surface area (Å²) in [6.07, 6.45) is 1.33. The molecule has 1 atom stereocenters. The van der Waals surface area contributed by atoms with Crippen LogP contribution in [0.15, 0.2) is 24.3 Å². The number of ether oxygens (including phenoxy) is 1. The zero-order valence-electron chi connectivity index (χ0n) is 11.4. The van der Waals surface area contributed by atoms with Gasteiger partial charge >= 0.3 is 0 Å². The highest BCUT2D eigenvalue weighted by atomic mass is 16.5. The van der Waals surface area contributed by atoms with E-state index >= 15 is 0 Å². The van der Waals surface area contributed by atoms with Gasteiger partial charge in [-0.25, -0.2) is 0 Å². The third kappa shape index (κ3) is 3.64. The zero-order chi connectivity index (χ0) is 13.0. The van der Waals surface area contributed by atoms with Gasteiger partial charge in [-0.3, -0.25) is 4.90 Å². The van der Waals surface area contributed by atoms with Gasteiger partial charge in [0, 0.05) is 24.8 Å². The normalized spacial score (nSPS) is 20.5. The molecule has 1 fully saturated rings. The van der Waals surface area contributed by atoms with Gasteiger partial charge in [-0.15, -0.1) is 0 Å². The van der Waals surface area contributed by atoms with Crippen molar-refractivity contribution in [1.29, 1.82) is 0 Å². The number of hydrogen-bond acceptors (Lipinski definition) is 3. The molecule has 1 aromatic carbocycles. The number of anilines is 1. The summed E-state index contributed by atoms with van der Waals surface area (Å²) in [4.78, 5) is 2.50. The van der Waals surface area contributed by atoms with Crippen molar-refractivity contribution in [2.45, 2.75) is 20.3 Å². The molecule has 1 saturated heterocycles. The molecule has 1 aliphatic rings. The summed E-state index contributed by atoms with van der Waals surface area (Å²) in [5.74, 6) is 2.52. The number of nitrogens with two attached hydrogens (primary N) is 1. The third-order valence-corrected chi connectivity index (χ3v) is 3.79. The summed E-state index contributed by atoms with van der Waals surface area (Å²) in [6.45, 7) is 8.82. The largest absolute Gasteiger partial charge is 0.492 e. The summed E-state index contributed by atoms with van der Waals surface area (Å²) in [5.41, 5.74) is 6.47. The fraction of sp³-hybridized carbons (Fsp3) is 0.600. The summed E-state index contributed by atoms with van der Waals surface area (Å²) < 4.78 is 5.72. The van der Waals surface area contributed by atoms with Gasteiger partial charge in [0.2, 0.25) is 0 Å². The highest BCUT2D eigenvalue weighted by Gasteiger charge is 2.24. The Morgan fingerprint density at radius 1 is 1.44 bits per heavy atom. The van der Waals surface area contributed by atoms with Gasteiger partial charge in [-0.1, -0.05) is 19.9 Å². The van der Waals surface area contributed by atoms with Crippen LogP contribution in [0.1, 0.15) is 20.3 Å². The fourth-order valence-corrected chi connectivity index (χ4v) is 2.51. The molecular formula is C15H24N2O. The van der Waals surface area contributed by atoms with E-state index in [0.29, 0.717) is 0 Å². The van der Waals surface area contributed by atoms with E-state index in [1.165, 1.54) is 19.5 Å². The van der Waals surface area contributed by atoms with Crippen LogP contribution in [-0.4, -0.2) is 31.1 Å². The van der Waals surface area contributed by atoms with E-state index in [-0.39, 0.29) is 0 Å². The topological polar surface area (TPSA) is 38.5 Å². The quantitative estimate of drug-likeness (QED) is 0.814. The molecule has 0 aliphatic carbocycles. The first-order valence-electron chi connectivity index (χ1n) is 6.86. The minimum atomic E-state index is 0.744. The SMILES string of the molecule is CC(C)C1CCN(CCOc2cccc(N)c2)C1. The number of rotatable bonds is 5. The second kappa shape index (κ2) is 6.10. The monoisotopic (exact) mass is 248 g/mol.